The normalized spacial score (nSPS) is 17.7. The summed E-state index contributed by atoms with van der Waals surface area (Å²) >= 11 is 1.78. The summed E-state index contributed by atoms with van der Waals surface area (Å²) in [6.45, 7) is 6.54. The molecule has 0 aromatic heterocycles. The Morgan fingerprint density at radius 2 is 1.67 bits per heavy atom. The third kappa shape index (κ3) is 3.13. The molecule has 108 valence electrons. The molecule has 0 spiro atoms. The van der Waals surface area contributed by atoms with Crippen LogP contribution in [0.2, 0.25) is 0 Å². The summed E-state index contributed by atoms with van der Waals surface area (Å²) < 4.78 is 0. The molecule has 1 atom stereocenters. The van der Waals surface area contributed by atoms with E-state index in [9.17, 15) is 0 Å². The van der Waals surface area contributed by atoms with Crippen molar-refractivity contribution < 1.29 is 0 Å². The first-order valence-corrected chi connectivity index (χ1v) is 8.18. The molecule has 2 nitrogen and oxygen atoms in total. The van der Waals surface area contributed by atoms with Crippen LogP contribution in [0.15, 0.2) is 53.6 Å². The van der Waals surface area contributed by atoms with Gasteiger partial charge in [0, 0.05) is 5.56 Å². The van der Waals surface area contributed by atoms with E-state index in [1.807, 2.05) is 0 Å². The quantitative estimate of drug-likeness (QED) is 0.878. The van der Waals surface area contributed by atoms with Gasteiger partial charge in [-0.2, -0.15) is 5.10 Å². The van der Waals surface area contributed by atoms with E-state index in [0.717, 1.165) is 5.04 Å². The molecule has 21 heavy (non-hydrogen) atoms. The first kappa shape index (κ1) is 14.2. The second kappa shape index (κ2) is 5.94. The monoisotopic (exact) mass is 296 g/mol. The molecule has 3 heteroatoms. The van der Waals surface area contributed by atoms with Crippen LogP contribution in [0, 0.1) is 6.92 Å². The summed E-state index contributed by atoms with van der Waals surface area (Å²) in [5, 5.41) is 5.75. The summed E-state index contributed by atoms with van der Waals surface area (Å²) in [5.41, 5.74) is 8.34. The van der Waals surface area contributed by atoms with Crippen molar-refractivity contribution in [2.45, 2.75) is 32.1 Å². The molecule has 0 saturated carbocycles. The van der Waals surface area contributed by atoms with Crippen LogP contribution in [0.1, 0.15) is 47.4 Å². The third-order valence-corrected chi connectivity index (χ3v) is 4.88. The van der Waals surface area contributed by atoms with E-state index in [1.54, 1.807) is 11.8 Å². The number of benzene rings is 2. The molecule has 1 aliphatic heterocycles. The van der Waals surface area contributed by atoms with E-state index in [2.05, 4.69) is 79.8 Å². The maximum atomic E-state index is 4.48. The fourth-order valence-electron chi connectivity index (χ4n) is 2.31. The predicted octanol–water partition coefficient (Wildman–Crippen LogP) is 4.82. The minimum Gasteiger partial charge on any atom is -0.291 e. The zero-order chi connectivity index (χ0) is 14.8. The van der Waals surface area contributed by atoms with Crippen LogP contribution in [0.5, 0.6) is 0 Å². The number of rotatable bonds is 3. The number of hydrogen-bond acceptors (Lipinski definition) is 3. The van der Waals surface area contributed by atoms with Crippen LogP contribution in [0.25, 0.3) is 0 Å². The smallest absolute Gasteiger partial charge is 0.126 e. The lowest BCUT2D eigenvalue weighted by atomic mass is 10.0. The first-order valence-electron chi connectivity index (χ1n) is 7.30. The van der Waals surface area contributed by atoms with E-state index in [-0.39, 0.29) is 5.37 Å². The molecule has 0 bridgehead atoms. The number of thioether (sulfide) groups is 1. The largest absolute Gasteiger partial charge is 0.291 e. The Hall–Kier alpha value is -1.74. The Morgan fingerprint density at radius 3 is 2.29 bits per heavy atom. The molecule has 1 N–H and O–H groups in total. The van der Waals surface area contributed by atoms with E-state index < -0.39 is 0 Å². The lowest BCUT2D eigenvalue weighted by Crippen LogP contribution is -2.06. The highest BCUT2D eigenvalue weighted by atomic mass is 32.2. The molecule has 0 saturated heterocycles. The molecule has 2 aromatic rings. The SMILES string of the molecule is Cc1ccc(C2=NN[C@H](c3ccc(C(C)C)cc3)S2)cc1. The van der Waals surface area contributed by atoms with Gasteiger partial charge in [0.2, 0.25) is 0 Å². The molecule has 1 heterocycles. The second-order valence-corrected chi connectivity index (χ2v) is 6.83. The molecule has 3 rings (SSSR count). The highest BCUT2D eigenvalue weighted by molar-refractivity contribution is 8.14. The van der Waals surface area contributed by atoms with Crippen molar-refractivity contribution in [1.29, 1.82) is 0 Å². The van der Waals surface area contributed by atoms with Gasteiger partial charge in [0.25, 0.3) is 0 Å². The average molecular weight is 296 g/mol. The minimum absolute atomic E-state index is 0.211. The van der Waals surface area contributed by atoms with Gasteiger partial charge < -0.3 is 0 Å². The Balaban J connectivity index is 1.72. The van der Waals surface area contributed by atoms with Crippen LogP contribution in [0.4, 0.5) is 0 Å². The topological polar surface area (TPSA) is 24.4 Å². The van der Waals surface area contributed by atoms with Gasteiger partial charge >= 0.3 is 0 Å². The number of aryl methyl sites for hydroxylation is 1. The molecule has 0 fully saturated rings. The van der Waals surface area contributed by atoms with Crippen LogP contribution >= 0.6 is 11.8 Å². The summed E-state index contributed by atoms with van der Waals surface area (Å²) in [5.74, 6) is 0.572. The highest BCUT2D eigenvalue weighted by Crippen LogP contribution is 2.34. The summed E-state index contributed by atoms with van der Waals surface area (Å²) in [7, 11) is 0. The average Bonchev–Trinajstić information content (AvgIpc) is 2.98. The Kier molecular flexibility index (Phi) is 4.02. The van der Waals surface area contributed by atoms with Crippen molar-refractivity contribution in [3.8, 4) is 0 Å². The zero-order valence-corrected chi connectivity index (χ0v) is 13.4. The number of hydrogen-bond donors (Lipinski definition) is 1. The molecular weight excluding hydrogens is 276 g/mol. The van der Waals surface area contributed by atoms with Crippen molar-refractivity contribution in [2.24, 2.45) is 5.10 Å². The fourth-order valence-corrected chi connectivity index (χ4v) is 3.31. The molecule has 2 aromatic carbocycles. The van der Waals surface area contributed by atoms with Gasteiger partial charge in [-0.3, -0.25) is 5.43 Å². The number of hydrazone groups is 1. The second-order valence-electron chi connectivity index (χ2n) is 5.73. The molecule has 0 aliphatic carbocycles. The highest BCUT2D eigenvalue weighted by Gasteiger charge is 2.21. The predicted molar refractivity (Wildman–Crippen MR) is 91.7 cm³/mol. The zero-order valence-electron chi connectivity index (χ0n) is 12.6. The van der Waals surface area contributed by atoms with Gasteiger partial charge in [0.05, 0.1) is 0 Å². The minimum atomic E-state index is 0.211. The maximum Gasteiger partial charge on any atom is 0.126 e. The van der Waals surface area contributed by atoms with Gasteiger partial charge in [-0.25, -0.2) is 0 Å². The Labute approximate surface area is 130 Å². The van der Waals surface area contributed by atoms with Gasteiger partial charge in [-0.15, -0.1) is 0 Å². The molecule has 0 amide bonds. The van der Waals surface area contributed by atoms with Crippen molar-refractivity contribution in [3.05, 3.63) is 70.8 Å². The fraction of sp³-hybridized carbons (Fsp3) is 0.278. The van der Waals surface area contributed by atoms with E-state index >= 15 is 0 Å². The molecule has 1 aliphatic rings. The maximum absolute atomic E-state index is 4.48. The first-order chi connectivity index (χ1) is 10.1. The summed E-state index contributed by atoms with van der Waals surface area (Å²) in [6.07, 6.45) is 0. The van der Waals surface area contributed by atoms with Crippen LogP contribution in [0.3, 0.4) is 0 Å². The lowest BCUT2D eigenvalue weighted by Gasteiger charge is -2.11. The van der Waals surface area contributed by atoms with Crippen molar-refractivity contribution in [3.63, 3.8) is 0 Å². The molecule has 0 unspecified atom stereocenters. The third-order valence-electron chi connectivity index (χ3n) is 3.72. The van der Waals surface area contributed by atoms with Crippen molar-refractivity contribution in [2.75, 3.05) is 0 Å². The van der Waals surface area contributed by atoms with E-state index in [0.29, 0.717) is 5.92 Å². The van der Waals surface area contributed by atoms with E-state index in [4.69, 9.17) is 0 Å². The van der Waals surface area contributed by atoms with Gasteiger partial charge in [-0.1, -0.05) is 79.7 Å². The Morgan fingerprint density at radius 1 is 1.00 bits per heavy atom. The van der Waals surface area contributed by atoms with Crippen molar-refractivity contribution >= 4 is 16.8 Å². The summed E-state index contributed by atoms with van der Waals surface area (Å²) in [4.78, 5) is 0. The number of nitrogens with zero attached hydrogens (tertiary/aromatic N) is 1. The molecular formula is C18H20N2S. The van der Waals surface area contributed by atoms with Gasteiger partial charge in [0.1, 0.15) is 10.4 Å². The standard InChI is InChI=1S/C18H20N2S/c1-12(2)14-8-10-16(11-9-14)18-20-19-17(21-18)15-6-4-13(3)5-7-15/h4-12,18,20H,1-3H3/t18-/m0/s1. The Bertz CT molecular complexity index is 642. The van der Waals surface area contributed by atoms with Gasteiger partial charge in [0.15, 0.2) is 0 Å². The molecule has 0 radical (unpaired) electrons. The van der Waals surface area contributed by atoms with Crippen LogP contribution in [-0.2, 0) is 0 Å². The summed E-state index contributed by atoms with van der Waals surface area (Å²) in [6, 6.07) is 17.4. The number of nitrogens with one attached hydrogen (secondary N) is 1. The van der Waals surface area contributed by atoms with Crippen LogP contribution < -0.4 is 5.43 Å². The van der Waals surface area contributed by atoms with Crippen molar-refractivity contribution in [1.82, 2.24) is 5.43 Å². The lowest BCUT2D eigenvalue weighted by molar-refractivity contribution is 0.742. The van der Waals surface area contributed by atoms with E-state index in [1.165, 1.54) is 22.3 Å². The van der Waals surface area contributed by atoms with Gasteiger partial charge in [-0.05, 0) is 24.0 Å². The van der Waals surface area contributed by atoms with Crippen LogP contribution in [-0.4, -0.2) is 5.04 Å².